The first-order valence-electron chi connectivity index (χ1n) is 7.80. The summed E-state index contributed by atoms with van der Waals surface area (Å²) in [6.07, 6.45) is 2.78. The average Bonchev–Trinajstić information content (AvgIpc) is 3.17. The summed E-state index contributed by atoms with van der Waals surface area (Å²) < 4.78 is 10.4. The van der Waals surface area contributed by atoms with Gasteiger partial charge in [-0.25, -0.2) is 4.79 Å². The monoisotopic (exact) mass is 315 g/mol. The number of nitrogens with zero attached hydrogens (tertiary/aromatic N) is 2. The van der Waals surface area contributed by atoms with Gasteiger partial charge in [0, 0.05) is 18.7 Å². The van der Waals surface area contributed by atoms with Crippen LogP contribution in [0.15, 0.2) is 34.9 Å². The Kier molecular flexibility index (Phi) is 4.50. The van der Waals surface area contributed by atoms with Gasteiger partial charge in [-0.1, -0.05) is 23.4 Å². The molecule has 23 heavy (non-hydrogen) atoms. The number of ether oxygens (including phenoxy) is 1. The van der Waals surface area contributed by atoms with Gasteiger partial charge in [0.15, 0.2) is 5.82 Å². The lowest BCUT2D eigenvalue weighted by Gasteiger charge is -2.25. The number of amides is 2. The highest BCUT2D eigenvalue weighted by Gasteiger charge is 2.29. The third-order valence-electron chi connectivity index (χ3n) is 4.15. The van der Waals surface area contributed by atoms with Gasteiger partial charge in [0.1, 0.15) is 11.5 Å². The molecule has 3 rings (SSSR count). The van der Waals surface area contributed by atoms with Crippen LogP contribution in [-0.4, -0.2) is 35.8 Å². The van der Waals surface area contributed by atoms with E-state index in [1.165, 1.54) is 0 Å². The van der Waals surface area contributed by atoms with Crippen molar-refractivity contribution in [1.82, 2.24) is 10.1 Å². The van der Waals surface area contributed by atoms with E-state index in [0.717, 1.165) is 37.1 Å². The molecule has 1 aliphatic heterocycles. The minimum absolute atomic E-state index is 0.129. The van der Waals surface area contributed by atoms with Crippen LogP contribution in [0.3, 0.4) is 0 Å². The highest BCUT2D eigenvalue weighted by molar-refractivity contribution is 5.88. The van der Waals surface area contributed by atoms with Gasteiger partial charge in [-0.15, -0.1) is 0 Å². The Morgan fingerprint density at radius 3 is 3.04 bits per heavy atom. The number of anilines is 1. The zero-order valence-electron chi connectivity index (χ0n) is 13.4. The molecule has 1 aliphatic rings. The second-order valence-electron chi connectivity index (χ2n) is 5.76. The van der Waals surface area contributed by atoms with Crippen LogP contribution in [-0.2, 0) is 6.42 Å². The summed E-state index contributed by atoms with van der Waals surface area (Å²) in [5.74, 6) is 2.00. The van der Waals surface area contributed by atoms with Crippen LogP contribution in [0.4, 0.5) is 10.6 Å². The van der Waals surface area contributed by atoms with Crippen molar-refractivity contribution < 1.29 is 14.1 Å². The molecule has 6 nitrogen and oxygen atoms in total. The summed E-state index contributed by atoms with van der Waals surface area (Å²) >= 11 is 0. The molecule has 1 aromatic heterocycles. The van der Waals surface area contributed by atoms with Gasteiger partial charge in [0.2, 0.25) is 0 Å². The van der Waals surface area contributed by atoms with Crippen molar-refractivity contribution in [3.05, 3.63) is 41.7 Å². The molecule has 1 fully saturated rings. The largest absolute Gasteiger partial charge is 0.496 e. The molecular weight excluding hydrogens is 294 g/mol. The molecule has 1 unspecified atom stereocenters. The number of rotatable bonds is 4. The first kappa shape index (κ1) is 15.4. The fourth-order valence-corrected chi connectivity index (χ4v) is 3.05. The molecule has 2 aromatic rings. The van der Waals surface area contributed by atoms with Gasteiger partial charge in [-0.2, -0.15) is 0 Å². The fourth-order valence-electron chi connectivity index (χ4n) is 3.05. The van der Waals surface area contributed by atoms with E-state index in [9.17, 15) is 4.79 Å². The number of likely N-dealkylation sites (tertiary alicyclic amines) is 1. The van der Waals surface area contributed by atoms with Gasteiger partial charge < -0.3 is 14.2 Å². The van der Waals surface area contributed by atoms with Crippen LogP contribution in [0.2, 0.25) is 0 Å². The Morgan fingerprint density at radius 1 is 1.48 bits per heavy atom. The van der Waals surface area contributed by atoms with Crippen molar-refractivity contribution in [2.24, 2.45) is 0 Å². The minimum atomic E-state index is -0.129. The van der Waals surface area contributed by atoms with Crippen molar-refractivity contribution in [3.63, 3.8) is 0 Å². The number of hydrogen-bond donors (Lipinski definition) is 1. The summed E-state index contributed by atoms with van der Waals surface area (Å²) in [5.41, 5.74) is 1.12. The standard InChI is InChI=1S/C17H21N3O3/c1-12-10-16(19-23-12)18-17(21)20-9-5-7-14(20)11-13-6-3-4-8-15(13)22-2/h3-4,6,8,10,14H,5,7,9,11H2,1-2H3,(H,18,19,21). The zero-order valence-corrected chi connectivity index (χ0v) is 13.4. The molecule has 0 saturated carbocycles. The summed E-state index contributed by atoms with van der Waals surface area (Å²) in [4.78, 5) is 14.4. The Bertz CT molecular complexity index is 683. The number of urea groups is 1. The average molecular weight is 315 g/mol. The van der Waals surface area contributed by atoms with E-state index >= 15 is 0 Å². The van der Waals surface area contributed by atoms with Crippen LogP contribution >= 0.6 is 0 Å². The van der Waals surface area contributed by atoms with Gasteiger partial charge in [-0.05, 0) is 37.8 Å². The maximum atomic E-state index is 12.5. The molecule has 122 valence electrons. The van der Waals surface area contributed by atoms with E-state index in [1.54, 1.807) is 20.1 Å². The number of aromatic nitrogens is 1. The Hall–Kier alpha value is -2.50. The predicted molar refractivity (Wildman–Crippen MR) is 86.7 cm³/mol. The molecule has 2 heterocycles. The Balaban J connectivity index is 1.68. The van der Waals surface area contributed by atoms with Crippen molar-refractivity contribution in [3.8, 4) is 5.75 Å². The number of benzene rings is 1. The van der Waals surface area contributed by atoms with Crippen LogP contribution in [0.5, 0.6) is 5.75 Å². The topological polar surface area (TPSA) is 67.6 Å². The van der Waals surface area contributed by atoms with Crippen molar-refractivity contribution >= 4 is 11.8 Å². The van der Waals surface area contributed by atoms with E-state index < -0.39 is 0 Å². The summed E-state index contributed by atoms with van der Waals surface area (Å²) in [6, 6.07) is 9.70. The molecule has 6 heteroatoms. The second-order valence-corrected chi connectivity index (χ2v) is 5.76. The molecule has 2 amide bonds. The fraction of sp³-hybridized carbons (Fsp3) is 0.412. The Morgan fingerprint density at radius 2 is 2.30 bits per heavy atom. The predicted octanol–water partition coefficient (Wildman–Crippen LogP) is 3.23. The quantitative estimate of drug-likeness (QED) is 0.940. The van der Waals surface area contributed by atoms with Gasteiger partial charge in [-0.3, -0.25) is 5.32 Å². The maximum Gasteiger partial charge on any atom is 0.323 e. The molecule has 1 atom stereocenters. The summed E-state index contributed by atoms with van der Waals surface area (Å²) in [6.45, 7) is 2.55. The molecule has 1 aromatic carbocycles. The van der Waals surface area contributed by atoms with E-state index in [4.69, 9.17) is 9.26 Å². The van der Waals surface area contributed by atoms with E-state index in [1.807, 2.05) is 29.2 Å². The van der Waals surface area contributed by atoms with Gasteiger partial charge in [0.25, 0.3) is 0 Å². The highest BCUT2D eigenvalue weighted by Crippen LogP contribution is 2.26. The van der Waals surface area contributed by atoms with Gasteiger partial charge >= 0.3 is 6.03 Å². The van der Waals surface area contributed by atoms with Crippen molar-refractivity contribution in [2.45, 2.75) is 32.2 Å². The van der Waals surface area contributed by atoms with Gasteiger partial charge in [0.05, 0.1) is 7.11 Å². The van der Waals surface area contributed by atoms with Crippen LogP contribution in [0.1, 0.15) is 24.2 Å². The second kappa shape index (κ2) is 6.73. The summed E-state index contributed by atoms with van der Waals surface area (Å²) in [7, 11) is 1.67. The zero-order chi connectivity index (χ0) is 16.2. The number of methoxy groups -OCH3 is 1. The molecule has 0 spiro atoms. The first-order chi connectivity index (χ1) is 11.2. The molecule has 0 aliphatic carbocycles. The number of aryl methyl sites for hydroxylation is 1. The number of nitrogens with one attached hydrogen (secondary N) is 1. The third-order valence-corrected chi connectivity index (χ3v) is 4.15. The molecular formula is C17H21N3O3. The lowest BCUT2D eigenvalue weighted by molar-refractivity contribution is 0.205. The SMILES string of the molecule is COc1ccccc1CC1CCCN1C(=O)Nc1cc(C)on1. The van der Waals surface area contributed by atoms with Crippen LogP contribution < -0.4 is 10.1 Å². The van der Waals surface area contributed by atoms with E-state index in [-0.39, 0.29) is 12.1 Å². The maximum absolute atomic E-state index is 12.5. The van der Waals surface area contributed by atoms with E-state index in [2.05, 4.69) is 10.5 Å². The smallest absolute Gasteiger partial charge is 0.323 e. The lowest BCUT2D eigenvalue weighted by Crippen LogP contribution is -2.39. The Labute approximate surface area is 135 Å². The first-order valence-corrected chi connectivity index (χ1v) is 7.80. The van der Waals surface area contributed by atoms with Crippen LogP contribution in [0, 0.1) is 6.92 Å². The molecule has 0 bridgehead atoms. The molecule has 1 saturated heterocycles. The number of carbonyl (C=O) groups excluding carboxylic acids is 1. The number of carbonyl (C=O) groups is 1. The summed E-state index contributed by atoms with van der Waals surface area (Å²) in [5, 5.41) is 6.61. The molecule has 1 N–H and O–H groups in total. The highest BCUT2D eigenvalue weighted by atomic mass is 16.5. The normalized spacial score (nSPS) is 17.3. The number of para-hydroxylation sites is 1. The minimum Gasteiger partial charge on any atom is -0.496 e. The number of hydrogen-bond acceptors (Lipinski definition) is 4. The van der Waals surface area contributed by atoms with Crippen molar-refractivity contribution in [1.29, 1.82) is 0 Å². The van der Waals surface area contributed by atoms with E-state index in [0.29, 0.717) is 11.6 Å². The third kappa shape index (κ3) is 3.47. The molecule has 0 radical (unpaired) electrons. The lowest BCUT2D eigenvalue weighted by atomic mass is 10.0. The van der Waals surface area contributed by atoms with Crippen molar-refractivity contribution in [2.75, 3.05) is 19.0 Å². The van der Waals surface area contributed by atoms with Crippen LogP contribution in [0.25, 0.3) is 0 Å².